The van der Waals surface area contributed by atoms with Crippen molar-refractivity contribution in [3.63, 3.8) is 0 Å². The molecule has 0 unspecified atom stereocenters. The highest BCUT2D eigenvalue weighted by Gasteiger charge is 2.29. The van der Waals surface area contributed by atoms with Crippen LogP contribution in [0.1, 0.15) is 51.9 Å². The highest BCUT2D eigenvalue weighted by atomic mass is 32.2. The van der Waals surface area contributed by atoms with Crippen LogP contribution in [0.2, 0.25) is 0 Å². The van der Waals surface area contributed by atoms with Gasteiger partial charge in [-0.2, -0.15) is 0 Å². The monoisotopic (exact) mass is 304 g/mol. The molecule has 1 heterocycles. The molecular formula is C14H28N2O3S. The van der Waals surface area contributed by atoms with Crippen LogP contribution in [0.4, 0.5) is 0 Å². The van der Waals surface area contributed by atoms with Gasteiger partial charge in [0.05, 0.1) is 11.9 Å². The zero-order valence-electron chi connectivity index (χ0n) is 12.4. The van der Waals surface area contributed by atoms with Gasteiger partial charge >= 0.3 is 0 Å². The number of hydrogen-bond acceptors (Lipinski definition) is 4. The summed E-state index contributed by atoms with van der Waals surface area (Å²) in [7, 11) is -3.02. The van der Waals surface area contributed by atoms with Gasteiger partial charge in [-0.1, -0.05) is 6.92 Å². The van der Waals surface area contributed by atoms with E-state index in [9.17, 15) is 13.5 Å². The van der Waals surface area contributed by atoms with Crippen molar-refractivity contribution in [1.82, 2.24) is 9.62 Å². The van der Waals surface area contributed by atoms with Gasteiger partial charge in [-0.25, -0.2) is 12.7 Å². The lowest BCUT2D eigenvalue weighted by atomic mass is 9.92. The van der Waals surface area contributed by atoms with Gasteiger partial charge in [0, 0.05) is 25.2 Å². The normalized spacial score (nSPS) is 30.5. The summed E-state index contributed by atoms with van der Waals surface area (Å²) in [5.74, 6) is 0.269. The first-order valence-electron chi connectivity index (χ1n) is 7.93. The Kier molecular flexibility index (Phi) is 5.84. The van der Waals surface area contributed by atoms with Gasteiger partial charge in [-0.3, -0.25) is 0 Å². The average Bonchev–Trinajstić information content (AvgIpc) is 2.42. The molecule has 118 valence electrons. The van der Waals surface area contributed by atoms with E-state index in [4.69, 9.17) is 0 Å². The van der Waals surface area contributed by atoms with E-state index in [0.29, 0.717) is 31.6 Å². The van der Waals surface area contributed by atoms with Crippen molar-refractivity contribution in [1.29, 1.82) is 0 Å². The van der Waals surface area contributed by atoms with Gasteiger partial charge in [0.25, 0.3) is 0 Å². The number of rotatable bonds is 5. The van der Waals surface area contributed by atoms with Crippen molar-refractivity contribution < 1.29 is 13.5 Å². The van der Waals surface area contributed by atoms with Gasteiger partial charge in [0.2, 0.25) is 10.0 Å². The summed E-state index contributed by atoms with van der Waals surface area (Å²) >= 11 is 0. The molecule has 0 aromatic rings. The fourth-order valence-electron chi connectivity index (χ4n) is 3.26. The minimum Gasteiger partial charge on any atom is -0.393 e. The fourth-order valence-corrected chi connectivity index (χ4v) is 4.80. The third kappa shape index (κ3) is 4.41. The van der Waals surface area contributed by atoms with Crippen molar-refractivity contribution >= 4 is 10.0 Å². The second kappa shape index (κ2) is 7.20. The number of sulfonamides is 1. The second-order valence-corrected chi connectivity index (χ2v) is 8.25. The Hall–Kier alpha value is -0.170. The van der Waals surface area contributed by atoms with Crippen LogP contribution in [-0.4, -0.2) is 54.9 Å². The summed E-state index contributed by atoms with van der Waals surface area (Å²) in [5.41, 5.74) is 0. The molecule has 20 heavy (non-hydrogen) atoms. The molecule has 0 radical (unpaired) electrons. The maximum Gasteiger partial charge on any atom is 0.214 e. The molecule has 2 fully saturated rings. The number of aliphatic hydroxyl groups is 1. The molecule has 1 saturated carbocycles. The third-order valence-corrected chi connectivity index (χ3v) is 6.55. The first kappa shape index (κ1) is 16.2. The third-order valence-electron chi connectivity index (χ3n) is 4.48. The molecule has 1 aliphatic heterocycles. The predicted octanol–water partition coefficient (Wildman–Crippen LogP) is 1.08. The highest BCUT2D eigenvalue weighted by molar-refractivity contribution is 7.89. The summed E-state index contributed by atoms with van der Waals surface area (Å²) in [5, 5.41) is 13.2. The quantitative estimate of drug-likeness (QED) is 0.797. The minimum absolute atomic E-state index is 0.117. The molecule has 6 heteroatoms. The summed E-state index contributed by atoms with van der Waals surface area (Å²) in [4.78, 5) is 0. The van der Waals surface area contributed by atoms with Gasteiger partial charge in [0.15, 0.2) is 0 Å². The lowest BCUT2D eigenvalue weighted by molar-refractivity contribution is 0.111. The Labute approximate surface area is 122 Å². The van der Waals surface area contributed by atoms with E-state index in [1.807, 2.05) is 6.92 Å². The number of nitrogens with one attached hydrogen (secondary N) is 1. The van der Waals surface area contributed by atoms with Crippen LogP contribution in [0.5, 0.6) is 0 Å². The van der Waals surface area contributed by atoms with Crippen molar-refractivity contribution in [2.45, 2.75) is 70.1 Å². The highest BCUT2D eigenvalue weighted by Crippen LogP contribution is 2.21. The van der Waals surface area contributed by atoms with E-state index in [2.05, 4.69) is 5.32 Å². The Morgan fingerprint density at radius 2 is 1.60 bits per heavy atom. The summed E-state index contributed by atoms with van der Waals surface area (Å²) < 4.78 is 25.6. The molecule has 0 spiro atoms. The van der Waals surface area contributed by atoms with E-state index in [0.717, 1.165) is 38.5 Å². The van der Waals surface area contributed by atoms with Gasteiger partial charge in [-0.05, 0) is 44.9 Å². The Bertz CT molecular complexity index is 383. The first-order chi connectivity index (χ1) is 9.51. The van der Waals surface area contributed by atoms with E-state index < -0.39 is 10.0 Å². The lowest BCUT2D eigenvalue weighted by Gasteiger charge is -2.35. The predicted molar refractivity (Wildman–Crippen MR) is 80.1 cm³/mol. The summed E-state index contributed by atoms with van der Waals surface area (Å²) in [6, 6.07) is 0.936. The van der Waals surface area contributed by atoms with E-state index in [1.165, 1.54) is 0 Å². The van der Waals surface area contributed by atoms with Crippen LogP contribution in [-0.2, 0) is 10.0 Å². The van der Waals surface area contributed by atoms with E-state index >= 15 is 0 Å². The smallest absolute Gasteiger partial charge is 0.214 e. The fraction of sp³-hybridized carbons (Fsp3) is 1.00. The van der Waals surface area contributed by atoms with Crippen LogP contribution in [0.3, 0.4) is 0 Å². The standard InChI is InChI=1S/C14H28N2O3S/c1-2-11-20(18,19)16-9-7-13(8-10-16)15-12-3-5-14(17)6-4-12/h12-15,17H,2-11H2,1H3. The van der Waals surface area contributed by atoms with Gasteiger partial charge < -0.3 is 10.4 Å². The zero-order valence-corrected chi connectivity index (χ0v) is 13.2. The molecule has 1 saturated heterocycles. The van der Waals surface area contributed by atoms with Crippen molar-refractivity contribution in [2.75, 3.05) is 18.8 Å². The van der Waals surface area contributed by atoms with Crippen LogP contribution in [0.15, 0.2) is 0 Å². The molecule has 2 N–H and O–H groups in total. The molecular weight excluding hydrogens is 276 g/mol. The Balaban J connectivity index is 1.74. The number of nitrogens with zero attached hydrogens (tertiary/aromatic N) is 1. The summed E-state index contributed by atoms with van der Waals surface area (Å²) in [6.45, 7) is 3.20. The first-order valence-corrected chi connectivity index (χ1v) is 9.54. The molecule has 2 aliphatic rings. The Morgan fingerprint density at radius 3 is 2.15 bits per heavy atom. The van der Waals surface area contributed by atoms with Crippen molar-refractivity contribution in [3.8, 4) is 0 Å². The number of aliphatic hydroxyl groups excluding tert-OH is 1. The van der Waals surface area contributed by atoms with E-state index in [1.54, 1.807) is 4.31 Å². The molecule has 5 nitrogen and oxygen atoms in total. The molecule has 2 rings (SSSR count). The van der Waals surface area contributed by atoms with Gasteiger partial charge in [0.1, 0.15) is 0 Å². The number of piperidine rings is 1. The average molecular weight is 304 g/mol. The summed E-state index contributed by atoms with van der Waals surface area (Å²) in [6.07, 6.45) is 6.23. The molecule has 0 atom stereocenters. The Morgan fingerprint density at radius 1 is 1.05 bits per heavy atom. The van der Waals surface area contributed by atoms with Crippen LogP contribution >= 0.6 is 0 Å². The molecule has 0 aromatic heterocycles. The maximum absolute atomic E-state index is 12.0. The van der Waals surface area contributed by atoms with Crippen molar-refractivity contribution in [3.05, 3.63) is 0 Å². The lowest BCUT2D eigenvalue weighted by Crippen LogP contribution is -2.49. The molecule has 0 bridgehead atoms. The SMILES string of the molecule is CCCS(=O)(=O)N1CCC(NC2CCC(O)CC2)CC1. The van der Waals surface area contributed by atoms with Crippen molar-refractivity contribution in [2.24, 2.45) is 0 Å². The molecule has 0 amide bonds. The molecule has 1 aliphatic carbocycles. The second-order valence-electron chi connectivity index (χ2n) is 6.16. The largest absolute Gasteiger partial charge is 0.393 e. The topological polar surface area (TPSA) is 69.6 Å². The van der Waals surface area contributed by atoms with Crippen LogP contribution in [0.25, 0.3) is 0 Å². The van der Waals surface area contributed by atoms with E-state index in [-0.39, 0.29) is 11.9 Å². The van der Waals surface area contributed by atoms with Crippen LogP contribution < -0.4 is 5.32 Å². The van der Waals surface area contributed by atoms with Gasteiger partial charge in [-0.15, -0.1) is 0 Å². The molecule has 0 aromatic carbocycles. The minimum atomic E-state index is -3.02. The maximum atomic E-state index is 12.0. The zero-order chi connectivity index (χ0) is 14.6. The number of hydrogen-bond donors (Lipinski definition) is 2. The van der Waals surface area contributed by atoms with Crippen LogP contribution in [0, 0.1) is 0 Å².